The summed E-state index contributed by atoms with van der Waals surface area (Å²) in [7, 11) is 0. The fraction of sp³-hybridized carbons (Fsp3) is 0.182. The Hall–Kier alpha value is -2.16. The average molecular weight is 244 g/mol. The van der Waals surface area contributed by atoms with E-state index in [1.807, 2.05) is 0 Å². The second-order valence-electron chi connectivity index (χ2n) is 2.85. The van der Waals surface area contributed by atoms with E-state index < -0.39 is 18.1 Å². The third kappa shape index (κ3) is 4.47. The molecule has 17 heavy (non-hydrogen) atoms. The van der Waals surface area contributed by atoms with Gasteiger partial charge in [0.1, 0.15) is 5.75 Å². The van der Waals surface area contributed by atoms with Gasteiger partial charge < -0.3 is 9.47 Å². The predicted molar refractivity (Wildman–Crippen MR) is 52.2 cm³/mol. The van der Waals surface area contributed by atoms with Crippen molar-refractivity contribution in [1.82, 2.24) is 0 Å². The van der Waals surface area contributed by atoms with Crippen molar-refractivity contribution in [1.29, 1.82) is 0 Å². The van der Waals surface area contributed by atoms with Crippen LogP contribution in [0.5, 0.6) is 5.75 Å². The molecule has 0 heterocycles. The molecule has 0 atom stereocenters. The van der Waals surface area contributed by atoms with E-state index >= 15 is 0 Å². The zero-order valence-electron chi connectivity index (χ0n) is 8.45. The Bertz CT molecular complexity index is 429. The fourth-order valence-corrected chi connectivity index (χ4v) is 0.983. The summed E-state index contributed by atoms with van der Waals surface area (Å²) in [5.41, 5.74) is 0.0924. The lowest BCUT2D eigenvalue weighted by Crippen LogP contribution is -2.17. The Balaban J connectivity index is 2.68. The summed E-state index contributed by atoms with van der Waals surface area (Å²) in [6, 6.07) is 4.33. The van der Waals surface area contributed by atoms with Crippen molar-refractivity contribution < 1.29 is 27.4 Å². The van der Waals surface area contributed by atoms with Gasteiger partial charge in [0, 0.05) is 0 Å². The van der Waals surface area contributed by atoms with E-state index in [2.05, 4.69) is 15.4 Å². The van der Waals surface area contributed by atoms with Crippen molar-refractivity contribution in [3.05, 3.63) is 29.8 Å². The van der Waals surface area contributed by atoms with Crippen LogP contribution in [0.2, 0.25) is 0 Å². The van der Waals surface area contributed by atoms with Crippen LogP contribution in [-0.4, -0.2) is 18.9 Å². The molecular weight excluding hydrogens is 237 g/mol. The number of terminal acetylenes is 1. The highest BCUT2D eigenvalue weighted by Crippen LogP contribution is 2.22. The molecule has 1 rings (SSSR count). The molecule has 0 aliphatic heterocycles. The van der Waals surface area contributed by atoms with Gasteiger partial charge in [-0.1, -0.05) is 5.92 Å². The smallest absolute Gasteiger partial charge is 0.449 e. The van der Waals surface area contributed by atoms with Crippen LogP contribution >= 0.6 is 0 Å². The van der Waals surface area contributed by atoms with Crippen LogP contribution in [-0.2, 0) is 4.74 Å². The molecule has 0 amide bonds. The summed E-state index contributed by atoms with van der Waals surface area (Å²) in [6.45, 7) is -0.195. The molecule has 0 N–H and O–H groups in total. The second kappa shape index (κ2) is 5.25. The number of ether oxygens (including phenoxy) is 2. The van der Waals surface area contributed by atoms with Crippen molar-refractivity contribution in [2.24, 2.45) is 0 Å². The number of benzene rings is 1. The number of halogens is 3. The molecule has 0 saturated carbocycles. The van der Waals surface area contributed by atoms with E-state index in [9.17, 15) is 18.0 Å². The first-order valence-electron chi connectivity index (χ1n) is 4.39. The van der Waals surface area contributed by atoms with Gasteiger partial charge in [0.15, 0.2) is 6.61 Å². The van der Waals surface area contributed by atoms with Gasteiger partial charge in [-0.2, -0.15) is 0 Å². The highest BCUT2D eigenvalue weighted by molar-refractivity contribution is 5.89. The number of rotatable bonds is 3. The molecule has 0 spiro atoms. The standard InChI is InChI=1S/C11H7F3O3/c1-2-7-16-10(15)8-3-5-9(6-4-8)17-11(12,13)14/h1,3-6H,7H2. The average Bonchev–Trinajstić information content (AvgIpc) is 2.24. The van der Waals surface area contributed by atoms with Crippen molar-refractivity contribution in [2.45, 2.75) is 6.36 Å². The Morgan fingerprint density at radius 2 is 1.88 bits per heavy atom. The lowest BCUT2D eigenvalue weighted by atomic mass is 10.2. The molecule has 1 aromatic carbocycles. The van der Waals surface area contributed by atoms with Crippen LogP contribution in [0.3, 0.4) is 0 Å². The number of hydrogen-bond donors (Lipinski definition) is 0. The minimum atomic E-state index is -4.76. The summed E-state index contributed by atoms with van der Waals surface area (Å²) < 4.78 is 43.7. The van der Waals surface area contributed by atoms with Crippen LogP contribution < -0.4 is 4.74 Å². The maximum atomic E-state index is 11.8. The zero-order chi connectivity index (χ0) is 12.9. The predicted octanol–water partition coefficient (Wildman–Crippen LogP) is 2.38. The number of hydrogen-bond acceptors (Lipinski definition) is 3. The van der Waals surface area contributed by atoms with Gasteiger partial charge in [-0.3, -0.25) is 0 Å². The SMILES string of the molecule is C#CCOC(=O)c1ccc(OC(F)(F)F)cc1. The summed E-state index contributed by atoms with van der Waals surface area (Å²) in [4.78, 5) is 11.2. The van der Waals surface area contributed by atoms with Gasteiger partial charge in [0.2, 0.25) is 0 Å². The molecule has 1 aromatic rings. The monoisotopic (exact) mass is 244 g/mol. The van der Waals surface area contributed by atoms with Crippen molar-refractivity contribution >= 4 is 5.97 Å². The van der Waals surface area contributed by atoms with Gasteiger partial charge in [-0.25, -0.2) is 4.79 Å². The molecular formula is C11H7F3O3. The Labute approximate surface area is 95.1 Å². The van der Waals surface area contributed by atoms with Crippen molar-refractivity contribution in [3.63, 3.8) is 0 Å². The van der Waals surface area contributed by atoms with E-state index in [1.165, 1.54) is 0 Å². The van der Waals surface area contributed by atoms with E-state index in [1.54, 1.807) is 0 Å². The quantitative estimate of drug-likeness (QED) is 0.605. The molecule has 0 aliphatic carbocycles. The molecule has 0 unspecified atom stereocenters. The number of alkyl halides is 3. The summed E-state index contributed by atoms with van der Waals surface area (Å²) in [6.07, 6.45) is 0.118. The van der Waals surface area contributed by atoms with Crippen LogP contribution in [0, 0.1) is 12.3 Å². The minimum absolute atomic E-state index is 0.0924. The van der Waals surface area contributed by atoms with Crippen molar-refractivity contribution in [3.8, 4) is 18.1 Å². The first-order chi connectivity index (χ1) is 7.92. The van der Waals surface area contributed by atoms with Gasteiger partial charge in [-0.15, -0.1) is 19.6 Å². The summed E-state index contributed by atoms with van der Waals surface area (Å²) in [5, 5.41) is 0. The van der Waals surface area contributed by atoms with E-state index in [0.29, 0.717) is 0 Å². The van der Waals surface area contributed by atoms with Gasteiger partial charge >= 0.3 is 12.3 Å². The Kier molecular flexibility index (Phi) is 3.99. The van der Waals surface area contributed by atoms with E-state index in [-0.39, 0.29) is 12.2 Å². The molecule has 6 heteroatoms. The van der Waals surface area contributed by atoms with E-state index in [0.717, 1.165) is 24.3 Å². The largest absolute Gasteiger partial charge is 0.573 e. The minimum Gasteiger partial charge on any atom is -0.449 e. The van der Waals surface area contributed by atoms with Crippen LogP contribution in [0.1, 0.15) is 10.4 Å². The normalized spacial score (nSPS) is 10.5. The topological polar surface area (TPSA) is 35.5 Å². The molecule has 0 saturated heterocycles. The number of carbonyl (C=O) groups is 1. The molecule has 0 fully saturated rings. The number of carbonyl (C=O) groups excluding carboxylic acids is 1. The lowest BCUT2D eigenvalue weighted by Gasteiger charge is -2.08. The van der Waals surface area contributed by atoms with Gasteiger partial charge in [0.25, 0.3) is 0 Å². The second-order valence-corrected chi connectivity index (χ2v) is 2.85. The fourth-order valence-electron chi connectivity index (χ4n) is 0.983. The number of esters is 1. The van der Waals surface area contributed by atoms with Crippen LogP contribution in [0.15, 0.2) is 24.3 Å². The van der Waals surface area contributed by atoms with Crippen LogP contribution in [0.4, 0.5) is 13.2 Å². The lowest BCUT2D eigenvalue weighted by molar-refractivity contribution is -0.274. The van der Waals surface area contributed by atoms with Crippen LogP contribution in [0.25, 0.3) is 0 Å². The third-order valence-corrected chi connectivity index (χ3v) is 1.61. The highest BCUT2D eigenvalue weighted by atomic mass is 19.4. The molecule has 0 bridgehead atoms. The molecule has 3 nitrogen and oxygen atoms in total. The maximum absolute atomic E-state index is 11.8. The molecule has 0 aromatic heterocycles. The van der Waals surface area contributed by atoms with Crippen molar-refractivity contribution in [2.75, 3.05) is 6.61 Å². The Morgan fingerprint density at radius 3 is 2.35 bits per heavy atom. The highest BCUT2D eigenvalue weighted by Gasteiger charge is 2.31. The zero-order valence-corrected chi connectivity index (χ0v) is 8.45. The summed E-state index contributed by atoms with van der Waals surface area (Å²) >= 11 is 0. The Morgan fingerprint density at radius 1 is 1.29 bits per heavy atom. The maximum Gasteiger partial charge on any atom is 0.573 e. The molecule has 0 radical (unpaired) electrons. The molecule has 90 valence electrons. The first-order valence-corrected chi connectivity index (χ1v) is 4.39. The third-order valence-electron chi connectivity index (χ3n) is 1.61. The van der Waals surface area contributed by atoms with Gasteiger partial charge in [0.05, 0.1) is 5.56 Å². The summed E-state index contributed by atoms with van der Waals surface area (Å²) in [5.74, 6) is 0.976. The molecule has 0 aliphatic rings. The van der Waals surface area contributed by atoms with E-state index in [4.69, 9.17) is 6.42 Å². The van der Waals surface area contributed by atoms with Gasteiger partial charge in [-0.05, 0) is 24.3 Å². The first kappa shape index (κ1) is 12.9.